The number of hydrogen-bond acceptors (Lipinski definition) is 5. The summed E-state index contributed by atoms with van der Waals surface area (Å²) in [4.78, 5) is 25.0. The van der Waals surface area contributed by atoms with Gasteiger partial charge in [-0.25, -0.2) is 9.97 Å². The van der Waals surface area contributed by atoms with Crippen molar-refractivity contribution in [1.82, 2.24) is 25.1 Å². The topological polar surface area (TPSA) is 84.4 Å². The van der Waals surface area contributed by atoms with E-state index in [0.717, 1.165) is 49.7 Å². The van der Waals surface area contributed by atoms with E-state index in [1.54, 1.807) is 6.20 Å². The molecule has 6 aromatic rings. The highest BCUT2D eigenvalue weighted by Crippen LogP contribution is 2.25. The van der Waals surface area contributed by atoms with E-state index in [9.17, 15) is 4.79 Å². The van der Waals surface area contributed by atoms with Gasteiger partial charge in [-0.1, -0.05) is 48.5 Å². The van der Waals surface area contributed by atoms with Crippen LogP contribution in [0.4, 0.5) is 0 Å². The van der Waals surface area contributed by atoms with Gasteiger partial charge in [0, 0.05) is 28.8 Å². The molecule has 0 fully saturated rings. The zero-order chi connectivity index (χ0) is 23.1. The van der Waals surface area contributed by atoms with Gasteiger partial charge in [0.2, 0.25) is 0 Å². The van der Waals surface area contributed by atoms with Crippen LogP contribution in [0.25, 0.3) is 32.6 Å². The number of aromatic nitrogens is 5. The van der Waals surface area contributed by atoms with Gasteiger partial charge >= 0.3 is 0 Å². The number of hydrogen-bond donors (Lipinski definition) is 1. The third kappa shape index (κ3) is 3.59. The van der Waals surface area contributed by atoms with E-state index in [-0.39, 0.29) is 5.56 Å². The minimum atomic E-state index is -0.0846. The van der Waals surface area contributed by atoms with Crippen molar-refractivity contribution in [2.45, 2.75) is 19.8 Å². The van der Waals surface area contributed by atoms with Gasteiger partial charge in [0.25, 0.3) is 5.56 Å². The summed E-state index contributed by atoms with van der Waals surface area (Å²) < 4.78 is 0. The molecule has 3 aromatic heterocycles. The Morgan fingerprint density at radius 2 is 1.59 bits per heavy atom. The van der Waals surface area contributed by atoms with Crippen LogP contribution in [0.3, 0.4) is 0 Å². The van der Waals surface area contributed by atoms with E-state index in [1.165, 1.54) is 0 Å². The first-order valence-corrected chi connectivity index (χ1v) is 11.2. The molecule has 0 aliphatic carbocycles. The predicted molar refractivity (Wildman–Crippen MR) is 134 cm³/mol. The van der Waals surface area contributed by atoms with Crippen molar-refractivity contribution in [3.05, 3.63) is 118 Å². The molecule has 0 aliphatic heterocycles. The molecular formula is C28H21N5O. The predicted octanol–water partition coefficient (Wildman–Crippen LogP) is 4.90. The van der Waals surface area contributed by atoms with Crippen molar-refractivity contribution >= 4 is 32.6 Å². The van der Waals surface area contributed by atoms with Crippen molar-refractivity contribution < 1.29 is 0 Å². The van der Waals surface area contributed by atoms with Crippen LogP contribution in [0, 0.1) is 6.92 Å². The zero-order valence-corrected chi connectivity index (χ0v) is 18.6. The molecule has 0 spiro atoms. The van der Waals surface area contributed by atoms with E-state index in [0.29, 0.717) is 24.1 Å². The lowest BCUT2D eigenvalue weighted by Gasteiger charge is -2.12. The number of nitrogens with one attached hydrogen (secondary N) is 1. The van der Waals surface area contributed by atoms with Crippen LogP contribution < -0.4 is 5.56 Å². The highest BCUT2D eigenvalue weighted by molar-refractivity contribution is 5.87. The van der Waals surface area contributed by atoms with Crippen molar-refractivity contribution in [1.29, 1.82) is 0 Å². The molecule has 0 radical (unpaired) electrons. The van der Waals surface area contributed by atoms with Gasteiger partial charge in [-0.05, 0) is 47.7 Å². The second-order valence-corrected chi connectivity index (χ2v) is 8.49. The number of rotatable bonds is 4. The monoisotopic (exact) mass is 443 g/mol. The summed E-state index contributed by atoms with van der Waals surface area (Å²) >= 11 is 0. The van der Waals surface area contributed by atoms with E-state index >= 15 is 0 Å². The van der Waals surface area contributed by atoms with Gasteiger partial charge in [0.05, 0.1) is 28.8 Å². The number of aromatic amines is 1. The Bertz CT molecular complexity index is 1760. The summed E-state index contributed by atoms with van der Waals surface area (Å²) in [6.45, 7) is 2.08. The Hall–Kier alpha value is -4.45. The fourth-order valence-electron chi connectivity index (χ4n) is 4.58. The highest BCUT2D eigenvalue weighted by Gasteiger charge is 2.14. The van der Waals surface area contributed by atoms with Crippen LogP contribution in [0.1, 0.15) is 28.3 Å². The second kappa shape index (κ2) is 8.15. The maximum absolute atomic E-state index is 12.3. The van der Waals surface area contributed by atoms with Gasteiger partial charge in [0.1, 0.15) is 5.82 Å². The van der Waals surface area contributed by atoms with Gasteiger partial charge in [-0.3, -0.25) is 4.79 Å². The molecule has 3 heterocycles. The first kappa shape index (κ1) is 20.2. The molecule has 0 aliphatic rings. The molecule has 34 heavy (non-hydrogen) atoms. The molecule has 6 heteroatoms. The zero-order valence-electron chi connectivity index (χ0n) is 18.6. The van der Waals surface area contributed by atoms with Crippen LogP contribution >= 0.6 is 0 Å². The van der Waals surface area contributed by atoms with E-state index in [2.05, 4.69) is 28.2 Å². The first-order chi connectivity index (χ1) is 16.7. The number of pyridine rings is 1. The summed E-state index contributed by atoms with van der Waals surface area (Å²) in [5.74, 6) is 0.700. The molecule has 6 rings (SSSR count). The smallest absolute Gasteiger partial charge is 0.255 e. The fourth-order valence-corrected chi connectivity index (χ4v) is 4.58. The summed E-state index contributed by atoms with van der Waals surface area (Å²) in [6, 6.07) is 23.8. The fraction of sp³-hybridized carbons (Fsp3) is 0.107. The molecule has 3 aromatic carbocycles. The lowest BCUT2D eigenvalue weighted by Crippen LogP contribution is -2.09. The number of nitrogens with zero attached hydrogens (tertiary/aromatic N) is 4. The Kier molecular flexibility index (Phi) is 4.84. The van der Waals surface area contributed by atoms with Crippen molar-refractivity contribution in [2.75, 3.05) is 0 Å². The molecule has 0 saturated carbocycles. The lowest BCUT2D eigenvalue weighted by atomic mass is 9.99. The van der Waals surface area contributed by atoms with Crippen molar-refractivity contribution in [3.63, 3.8) is 0 Å². The van der Waals surface area contributed by atoms with E-state index < -0.39 is 0 Å². The summed E-state index contributed by atoms with van der Waals surface area (Å²) in [5.41, 5.74) is 5.59. The third-order valence-corrected chi connectivity index (χ3v) is 6.19. The SMILES string of the molecule is Cc1cccc2nc(Cc3cc4ccccc4nn3)nc(Cc3c[nH]c(=O)c4ccccc34)c12. The normalized spacial score (nSPS) is 11.4. The summed E-state index contributed by atoms with van der Waals surface area (Å²) in [5, 5.41) is 12.5. The van der Waals surface area contributed by atoms with Gasteiger partial charge < -0.3 is 4.98 Å². The van der Waals surface area contributed by atoms with Gasteiger partial charge in [-0.15, -0.1) is 0 Å². The highest BCUT2D eigenvalue weighted by atomic mass is 16.1. The maximum Gasteiger partial charge on any atom is 0.255 e. The molecule has 0 unspecified atom stereocenters. The average Bonchev–Trinajstić information content (AvgIpc) is 2.86. The molecule has 0 saturated heterocycles. The molecule has 164 valence electrons. The molecule has 0 amide bonds. The van der Waals surface area contributed by atoms with Crippen LogP contribution in [0.5, 0.6) is 0 Å². The van der Waals surface area contributed by atoms with Crippen LogP contribution in [0.2, 0.25) is 0 Å². The minimum Gasteiger partial charge on any atom is -0.328 e. The molecular weight excluding hydrogens is 422 g/mol. The van der Waals surface area contributed by atoms with Gasteiger partial charge in [0.15, 0.2) is 0 Å². The average molecular weight is 444 g/mol. The van der Waals surface area contributed by atoms with Crippen LogP contribution in [-0.2, 0) is 12.8 Å². The van der Waals surface area contributed by atoms with Gasteiger partial charge in [-0.2, -0.15) is 10.2 Å². The Morgan fingerprint density at radius 1 is 0.794 bits per heavy atom. The lowest BCUT2D eigenvalue weighted by molar-refractivity contribution is 0.890. The standard InChI is InChI=1S/C28H21N5O/c1-17-7-6-12-24-27(17)25(14-19-16-29-28(34)22-10-4-3-9-21(19)22)31-26(30-24)15-20-13-18-8-2-5-11-23(18)33-32-20/h2-13,16H,14-15H2,1H3,(H,29,34). The Labute approximate surface area is 195 Å². The number of benzene rings is 3. The Balaban J connectivity index is 1.47. The van der Waals surface area contributed by atoms with Crippen molar-refractivity contribution in [3.8, 4) is 0 Å². The largest absolute Gasteiger partial charge is 0.328 e. The molecule has 0 bridgehead atoms. The number of H-pyrrole nitrogens is 1. The third-order valence-electron chi connectivity index (χ3n) is 6.19. The first-order valence-electron chi connectivity index (χ1n) is 11.2. The maximum atomic E-state index is 12.3. The second-order valence-electron chi connectivity index (χ2n) is 8.49. The quantitative estimate of drug-likeness (QED) is 0.419. The van der Waals surface area contributed by atoms with E-state index in [4.69, 9.17) is 9.97 Å². The molecule has 1 N–H and O–H groups in total. The van der Waals surface area contributed by atoms with Crippen LogP contribution in [-0.4, -0.2) is 25.1 Å². The minimum absolute atomic E-state index is 0.0846. The molecule has 6 nitrogen and oxygen atoms in total. The van der Waals surface area contributed by atoms with Crippen LogP contribution in [0.15, 0.2) is 83.8 Å². The molecule has 0 atom stereocenters. The Morgan fingerprint density at radius 3 is 2.50 bits per heavy atom. The summed E-state index contributed by atoms with van der Waals surface area (Å²) in [7, 11) is 0. The number of aryl methyl sites for hydroxylation is 1. The van der Waals surface area contributed by atoms with E-state index in [1.807, 2.05) is 66.7 Å². The van der Waals surface area contributed by atoms with Crippen molar-refractivity contribution in [2.24, 2.45) is 0 Å². The number of fused-ring (bicyclic) bond motifs is 3. The summed E-state index contributed by atoms with van der Waals surface area (Å²) in [6.07, 6.45) is 2.87.